The van der Waals surface area contributed by atoms with Gasteiger partial charge in [-0.2, -0.15) is 0 Å². The van der Waals surface area contributed by atoms with Gasteiger partial charge in [-0.25, -0.2) is 4.98 Å². The fourth-order valence-corrected chi connectivity index (χ4v) is 3.59. The highest BCUT2D eigenvalue weighted by Crippen LogP contribution is 2.28. The molecule has 0 aliphatic heterocycles. The molecule has 0 fully saturated rings. The highest BCUT2D eigenvalue weighted by molar-refractivity contribution is 5.84. The normalized spacial score (nSPS) is 12.1. The maximum absolute atomic E-state index is 10.3. The van der Waals surface area contributed by atoms with Crippen molar-refractivity contribution in [3.8, 4) is 22.4 Å². The number of benzene rings is 2. The maximum atomic E-state index is 10.3. The molecule has 0 saturated heterocycles. The number of rotatable bonds is 3. The maximum Gasteiger partial charge on any atom is 0.137 e. The lowest BCUT2D eigenvalue weighted by molar-refractivity contribution is 0.0786. The Hall–Kier alpha value is -3.37. The second-order valence-corrected chi connectivity index (χ2v) is 7.73. The van der Waals surface area contributed by atoms with Gasteiger partial charge >= 0.3 is 0 Å². The van der Waals surface area contributed by atoms with Gasteiger partial charge in [0.05, 0.1) is 11.3 Å². The molecule has 138 valence electrons. The fraction of sp³-hybridized carbons (Fsp3) is 0.125. The predicted octanol–water partition coefficient (Wildman–Crippen LogP) is 5.38. The Morgan fingerprint density at radius 2 is 1.75 bits per heavy atom. The van der Waals surface area contributed by atoms with E-state index in [0.29, 0.717) is 0 Å². The zero-order chi connectivity index (χ0) is 19.3. The van der Waals surface area contributed by atoms with Crippen molar-refractivity contribution in [1.82, 2.24) is 14.4 Å². The lowest BCUT2D eigenvalue weighted by Gasteiger charge is -2.18. The highest BCUT2D eigenvalue weighted by atomic mass is 16.3. The number of H-pyrrole nitrogens is 1. The molecule has 4 heteroatoms. The van der Waals surface area contributed by atoms with Crippen LogP contribution < -0.4 is 0 Å². The van der Waals surface area contributed by atoms with Crippen LogP contribution in [0.25, 0.3) is 38.9 Å². The number of aromatic amines is 1. The van der Waals surface area contributed by atoms with Crippen molar-refractivity contribution in [3.63, 3.8) is 0 Å². The molecule has 2 N–H and O–H groups in total. The number of imidazole rings is 1. The summed E-state index contributed by atoms with van der Waals surface area (Å²) in [6.07, 6.45) is 6.09. The van der Waals surface area contributed by atoms with Crippen LogP contribution in [0.4, 0.5) is 0 Å². The summed E-state index contributed by atoms with van der Waals surface area (Å²) in [4.78, 5) is 8.03. The molecule has 0 spiro atoms. The van der Waals surface area contributed by atoms with Gasteiger partial charge in [-0.3, -0.25) is 0 Å². The largest absolute Gasteiger partial charge is 0.386 e. The summed E-state index contributed by atoms with van der Waals surface area (Å²) in [5.41, 5.74) is 6.24. The Bertz CT molecular complexity index is 1300. The molecule has 5 aromatic rings. The first kappa shape index (κ1) is 16.8. The van der Waals surface area contributed by atoms with E-state index in [1.165, 1.54) is 5.39 Å². The Kier molecular flexibility index (Phi) is 3.64. The molecule has 28 heavy (non-hydrogen) atoms. The third kappa shape index (κ3) is 2.88. The minimum absolute atomic E-state index is 0.862. The first-order valence-electron chi connectivity index (χ1n) is 9.37. The predicted molar refractivity (Wildman–Crippen MR) is 113 cm³/mol. The van der Waals surface area contributed by atoms with E-state index in [-0.39, 0.29) is 0 Å². The van der Waals surface area contributed by atoms with Crippen molar-refractivity contribution in [2.24, 2.45) is 0 Å². The van der Waals surface area contributed by atoms with Gasteiger partial charge in [0.25, 0.3) is 0 Å². The summed E-state index contributed by atoms with van der Waals surface area (Å²) in [6, 6.07) is 20.6. The molecule has 0 saturated carbocycles. The van der Waals surface area contributed by atoms with Gasteiger partial charge in [0.15, 0.2) is 0 Å². The summed E-state index contributed by atoms with van der Waals surface area (Å²) in [5, 5.41) is 11.5. The van der Waals surface area contributed by atoms with Gasteiger partial charge in [-0.1, -0.05) is 30.3 Å². The molecule has 3 aromatic heterocycles. The zero-order valence-electron chi connectivity index (χ0n) is 15.8. The lowest BCUT2D eigenvalue weighted by atomic mass is 9.95. The van der Waals surface area contributed by atoms with E-state index in [9.17, 15) is 5.11 Å². The molecule has 3 heterocycles. The quantitative estimate of drug-likeness (QED) is 0.450. The van der Waals surface area contributed by atoms with Crippen LogP contribution in [-0.2, 0) is 5.60 Å². The smallest absolute Gasteiger partial charge is 0.137 e. The van der Waals surface area contributed by atoms with Gasteiger partial charge in [0.2, 0.25) is 0 Å². The number of hydrogen-bond donors (Lipinski definition) is 2. The van der Waals surface area contributed by atoms with E-state index in [1.54, 1.807) is 13.8 Å². The van der Waals surface area contributed by atoms with Gasteiger partial charge in [0.1, 0.15) is 5.65 Å². The third-order valence-corrected chi connectivity index (χ3v) is 5.20. The molecule has 0 unspecified atom stereocenters. The van der Waals surface area contributed by atoms with Crippen LogP contribution in [0, 0.1) is 0 Å². The molecular weight excluding hydrogens is 346 g/mol. The molecule has 0 aliphatic rings. The Morgan fingerprint density at radius 1 is 0.893 bits per heavy atom. The molecule has 0 bridgehead atoms. The van der Waals surface area contributed by atoms with Crippen LogP contribution >= 0.6 is 0 Å². The van der Waals surface area contributed by atoms with Gasteiger partial charge in [-0.05, 0) is 66.3 Å². The first-order chi connectivity index (χ1) is 13.5. The van der Waals surface area contributed by atoms with Crippen LogP contribution in [0.15, 0.2) is 79.3 Å². The molecule has 0 aliphatic carbocycles. The Morgan fingerprint density at radius 3 is 2.61 bits per heavy atom. The van der Waals surface area contributed by atoms with Crippen molar-refractivity contribution in [3.05, 3.63) is 84.8 Å². The Balaban J connectivity index is 1.57. The van der Waals surface area contributed by atoms with E-state index >= 15 is 0 Å². The summed E-state index contributed by atoms with van der Waals surface area (Å²) in [6.45, 7) is 3.61. The molecular formula is C24H21N3O. The van der Waals surface area contributed by atoms with Gasteiger partial charge in [0, 0.05) is 29.7 Å². The average Bonchev–Trinajstić information content (AvgIpc) is 3.32. The number of aromatic nitrogens is 3. The number of fused-ring (bicyclic) bond motifs is 2. The molecule has 5 rings (SSSR count). The topological polar surface area (TPSA) is 53.3 Å². The summed E-state index contributed by atoms with van der Waals surface area (Å²) >= 11 is 0. The van der Waals surface area contributed by atoms with Crippen LogP contribution in [0.1, 0.15) is 19.4 Å². The van der Waals surface area contributed by atoms with Crippen LogP contribution in [0.2, 0.25) is 0 Å². The number of aliphatic hydroxyl groups is 1. The standard InChI is InChI=1S/C24H21N3O/c1-24(2,28)20-5-3-4-17(12-20)19-8-9-23-26-22(15-27(23)14-19)18-7-6-16-10-11-25-21(16)13-18/h3-15,25,28H,1-2H3. The van der Waals surface area contributed by atoms with E-state index < -0.39 is 5.60 Å². The van der Waals surface area contributed by atoms with Crippen molar-refractivity contribution < 1.29 is 5.11 Å². The lowest BCUT2D eigenvalue weighted by Crippen LogP contribution is -2.15. The number of pyridine rings is 1. The van der Waals surface area contributed by atoms with Gasteiger partial charge < -0.3 is 14.5 Å². The van der Waals surface area contributed by atoms with E-state index in [0.717, 1.165) is 39.1 Å². The minimum atomic E-state index is -0.862. The molecule has 0 amide bonds. The van der Waals surface area contributed by atoms with E-state index in [2.05, 4.69) is 58.2 Å². The van der Waals surface area contributed by atoms with Crippen LogP contribution in [-0.4, -0.2) is 19.5 Å². The molecule has 0 radical (unpaired) electrons. The number of nitrogens with zero attached hydrogens (tertiary/aromatic N) is 2. The average molecular weight is 367 g/mol. The third-order valence-electron chi connectivity index (χ3n) is 5.20. The van der Waals surface area contributed by atoms with E-state index in [1.807, 2.05) is 30.5 Å². The summed E-state index contributed by atoms with van der Waals surface area (Å²) in [5.74, 6) is 0. The van der Waals surface area contributed by atoms with Crippen molar-refractivity contribution in [1.29, 1.82) is 0 Å². The minimum Gasteiger partial charge on any atom is -0.386 e. The zero-order valence-corrected chi connectivity index (χ0v) is 15.8. The van der Waals surface area contributed by atoms with Crippen molar-refractivity contribution in [2.45, 2.75) is 19.4 Å². The summed E-state index contributed by atoms with van der Waals surface area (Å²) in [7, 11) is 0. The van der Waals surface area contributed by atoms with Crippen LogP contribution in [0.3, 0.4) is 0 Å². The molecule has 2 aromatic carbocycles. The highest BCUT2D eigenvalue weighted by Gasteiger charge is 2.16. The van der Waals surface area contributed by atoms with Crippen molar-refractivity contribution >= 4 is 16.6 Å². The number of hydrogen-bond acceptors (Lipinski definition) is 2. The molecule has 0 atom stereocenters. The SMILES string of the molecule is CC(C)(O)c1cccc(-c2ccc3nc(-c4ccc5cc[nH]c5c4)cn3c2)c1. The second kappa shape index (κ2) is 6.08. The first-order valence-corrected chi connectivity index (χ1v) is 9.37. The Labute approximate surface area is 163 Å². The number of nitrogens with one attached hydrogen (secondary N) is 1. The molecule has 4 nitrogen and oxygen atoms in total. The monoisotopic (exact) mass is 367 g/mol. The van der Waals surface area contributed by atoms with Crippen molar-refractivity contribution in [2.75, 3.05) is 0 Å². The fourth-order valence-electron chi connectivity index (χ4n) is 3.59. The van der Waals surface area contributed by atoms with Gasteiger partial charge in [-0.15, -0.1) is 0 Å². The summed E-state index contributed by atoms with van der Waals surface area (Å²) < 4.78 is 2.06. The van der Waals surface area contributed by atoms with Crippen LogP contribution in [0.5, 0.6) is 0 Å². The van der Waals surface area contributed by atoms with E-state index in [4.69, 9.17) is 4.98 Å². The second-order valence-electron chi connectivity index (χ2n) is 7.73.